The smallest absolute Gasteiger partial charge is 0.373 e. The van der Waals surface area contributed by atoms with Gasteiger partial charge >= 0.3 is 12.4 Å². The van der Waals surface area contributed by atoms with Crippen LogP contribution in [0.5, 0.6) is 0 Å². The predicted octanol–water partition coefficient (Wildman–Crippen LogP) is 5.60. The van der Waals surface area contributed by atoms with Gasteiger partial charge in [0.05, 0.1) is 23.8 Å². The lowest BCUT2D eigenvalue weighted by molar-refractivity contribution is -0.143. The molecule has 3 rings (SSSR count). The van der Waals surface area contributed by atoms with Crippen LogP contribution in [0.15, 0.2) is 48.5 Å². The van der Waals surface area contributed by atoms with Crippen LogP contribution in [-0.4, -0.2) is 36.3 Å². The number of nitrogens with zero attached hydrogens (tertiary/aromatic N) is 1. The van der Waals surface area contributed by atoms with E-state index in [1.165, 1.54) is 0 Å². The van der Waals surface area contributed by atoms with Crippen LogP contribution in [0.1, 0.15) is 34.6 Å². The molecule has 2 aromatic rings. The molecule has 2 atom stereocenters. The van der Waals surface area contributed by atoms with E-state index in [0.29, 0.717) is 36.8 Å². The molecule has 32 heavy (non-hydrogen) atoms. The molecule has 0 radical (unpaired) electrons. The zero-order valence-corrected chi connectivity index (χ0v) is 17.9. The lowest BCUT2D eigenvalue weighted by atomic mass is 9.88. The Hall–Kier alpha value is -2.33. The van der Waals surface area contributed by atoms with Crippen molar-refractivity contribution in [1.82, 2.24) is 10.2 Å². The summed E-state index contributed by atoms with van der Waals surface area (Å²) in [4.78, 5) is 1.97. The number of benzene rings is 2. The van der Waals surface area contributed by atoms with Crippen LogP contribution >= 0.6 is 12.2 Å². The second kappa shape index (κ2) is 9.66. The van der Waals surface area contributed by atoms with Crippen molar-refractivity contribution in [2.45, 2.75) is 37.4 Å². The van der Waals surface area contributed by atoms with Crippen LogP contribution in [0.25, 0.3) is 0 Å². The Bertz CT molecular complexity index is 900. The van der Waals surface area contributed by atoms with Gasteiger partial charge < -0.3 is 15.0 Å². The lowest BCUT2D eigenvalue weighted by Gasteiger charge is -2.39. The molecule has 0 unspecified atom stereocenters. The third-order valence-electron chi connectivity index (χ3n) is 5.39. The van der Waals surface area contributed by atoms with Crippen molar-refractivity contribution >= 4 is 17.3 Å². The number of piperidine rings is 1. The average Bonchev–Trinajstić information content (AvgIpc) is 2.76. The molecule has 0 aliphatic carbocycles. The molecule has 10 heteroatoms. The maximum Gasteiger partial charge on any atom is 0.416 e. The maximum absolute atomic E-state index is 13.1. The highest BCUT2D eigenvalue weighted by atomic mass is 32.1. The summed E-state index contributed by atoms with van der Waals surface area (Å²) in [5.74, 6) is -0.149. The van der Waals surface area contributed by atoms with Crippen LogP contribution < -0.4 is 5.32 Å². The Balaban J connectivity index is 1.83. The molecular weight excluding hydrogens is 454 g/mol. The van der Waals surface area contributed by atoms with E-state index in [4.69, 9.17) is 17.0 Å². The van der Waals surface area contributed by atoms with E-state index in [1.807, 2.05) is 35.2 Å². The highest BCUT2D eigenvalue weighted by Gasteiger charge is 2.37. The van der Waals surface area contributed by atoms with Gasteiger partial charge in [0.1, 0.15) is 0 Å². The van der Waals surface area contributed by atoms with E-state index < -0.39 is 29.6 Å². The molecule has 0 saturated carbocycles. The van der Waals surface area contributed by atoms with E-state index in [0.717, 1.165) is 5.56 Å². The minimum atomic E-state index is -4.89. The van der Waals surface area contributed by atoms with Gasteiger partial charge in [-0.1, -0.05) is 30.3 Å². The molecule has 0 spiro atoms. The molecule has 1 heterocycles. The van der Waals surface area contributed by atoms with Gasteiger partial charge in [-0.25, -0.2) is 0 Å². The van der Waals surface area contributed by atoms with E-state index in [-0.39, 0.29) is 24.2 Å². The number of hydrogen-bond donors (Lipinski definition) is 1. The third kappa shape index (κ3) is 5.92. The predicted molar refractivity (Wildman–Crippen MR) is 112 cm³/mol. The number of likely N-dealkylation sites (tertiary alicyclic amines) is 1. The van der Waals surface area contributed by atoms with Crippen LogP contribution in [0.4, 0.5) is 26.3 Å². The van der Waals surface area contributed by atoms with Crippen molar-refractivity contribution < 1.29 is 31.1 Å². The molecule has 174 valence electrons. The van der Waals surface area contributed by atoms with Crippen LogP contribution in [0.3, 0.4) is 0 Å². The van der Waals surface area contributed by atoms with Gasteiger partial charge in [0.25, 0.3) is 0 Å². The molecule has 0 bridgehead atoms. The summed E-state index contributed by atoms with van der Waals surface area (Å²) < 4.78 is 84.7. The lowest BCUT2D eigenvalue weighted by Crippen LogP contribution is -2.48. The zero-order valence-electron chi connectivity index (χ0n) is 17.1. The van der Waals surface area contributed by atoms with Crippen LogP contribution in [0.2, 0.25) is 0 Å². The summed E-state index contributed by atoms with van der Waals surface area (Å²) in [6.45, 7) is 0.715. The molecule has 2 aromatic carbocycles. The number of alkyl halides is 6. The standard InChI is InChI=1S/C22H22F6N2OS/c1-29-20(32)30-8-7-19(18(12-30)15-5-3-2-4-6-15)31-13-14-9-16(21(23,24)25)11-17(10-14)22(26,27)28/h2-6,9-11,18-19H,7-8,12-13H2,1H3,(H,29,32)/t18-,19-/m1/s1. The number of ether oxygens (including phenoxy) is 1. The minimum Gasteiger partial charge on any atom is -0.373 e. The number of rotatable bonds is 4. The highest BCUT2D eigenvalue weighted by Crippen LogP contribution is 2.37. The first-order valence-electron chi connectivity index (χ1n) is 9.90. The molecule has 0 amide bonds. The van der Waals surface area contributed by atoms with Crippen LogP contribution in [0, 0.1) is 0 Å². The van der Waals surface area contributed by atoms with Crippen molar-refractivity contribution in [3.63, 3.8) is 0 Å². The Kier molecular flexibility index (Phi) is 7.34. The van der Waals surface area contributed by atoms with Crippen molar-refractivity contribution in [1.29, 1.82) is 0 Å². The van der Waals surface area contributed by atoms with Crippen molar-refractivity contribution in [3.8, 4) is 0 Å². The van der Waals surface area contributed by atoms with Gasteiger partial charge in [-0.2, -0.15) is 26.3 Å². The number of halogens is 6. The second-order valence-electron chi connectivity index (χ2n) is 7.57. The van der Waals surface area contributed by atoms with Crippen molar-refractivity contribution in [2.24, 2.45) is 0 Å². The van der Waals surface area contributed by atoms with Gasteiger partial charge in [0.2, 0.25) is 0 Å². The Morgan fingerprint density at radius 3 is 2.16 bits per heavy atom. The summed E-state index contributed by atoms with van der Waals surface area (Å²) in [6, 6.07) is 11.0. The summed E-state index contributed by atoms with van der Waals surface area (Å²) in [5, 5.41) is 3.49. The fourth-order valence-corrected chi connectivity index (χ4v) is 3.96. The SMILES string of the molecule is CNC(=S)N1CC[C@@H](OCc2cc(C(F)(F)F)cc(C(F)(F)F)c2)[C@@H](c2ccccc2)C1. The Morgan fingerprint density at radius 1 is 1.03 bits per heavy atom. The molecule has 3 nitrogen and oxygen atoms in total. The molecule has 1 N–H and O–H groups in total. The number of nitrogens with one attached hydrogen (secondary N) is 1. The quantitative estimate of drug-likeness (QED) is 0.459. The summed E-state index contributed by atoms with van der Waals surface area (Å²) in [6.07, 6.45) is -9.66. The first kappa shape index (κ1) is 24.3. The Morgan fingerprint density at radius 2 is 1.62 bits per heavy atom. The monoisotopic (exact) mass is 476 g/mol. The summed E-state index contributed by atoms with van der Waals surface area (Å²) >= 11 is 5.32. The van der Waals surface area contributed by atoms with E-state index in [2.05, 4.69) is 5.32 Å². The van der Waals surface area contributed by atoms with Crippen LogP contribution in [-0.2, 0) is 23.7 Å². The fourth-order valence-electron chi connectivity index (χ4n) is 3.80. The van der Waals surface area contributed by atoms with E-state index in [9.17, 15) is 26.3 Å². The first-order valence-corrected chi connectivity index (χ1v) is 10.3. The topological polar surface area (TPSA) is 24.5 Å². The van der Waals surface area contributed by atoms with E-state index in [1.54, 1.807) is 7.05 Å². The third-order valence-corrected chi connectivity index (χ3v) is 5.85. The van der Waals surface area contributed by atoms with E-state index >= 15 is 0 Å². The number of thiocarbonyl (C=S) groups is 1. The van der Waals surface area contributed by atoms with Gasteiger partial charge in [0, 0.05) is 26.1 Å². The van der Waals surface area contributed by atoms with Gasteiger partial charge in [0.15, 0.2) is 5.11 Å². The zero-order chi connectivity index (χ0) is 23.5. The van der Waals surface area contributed by atoms with Crippen molar-refractivity contribution in [3.05, 3.63) is 70.8 Å². The first-order chi connectivity index (χ1) is 15.0. The molecule has 1 aliphatic heterocycles. The normalized spacial score (nSPS) is 19.7. The summed E-state index contributed by atoms with van der Waals surface area (Å²) in [5.41, 5.74) is -1.91. The van der Waals surface area contributed by atoms with Gasteiger partial charge in [-0.3, -0.25) is 0 Å². The fraction of sp³-hybridized carbons (Fsp3) is 0.409. The highest BCUT2D eigenvalue weighted by molar-refractivity contribution is 7.80. The molecule has 0 aromatic heterocycles. The summed E-state index contributed by atoms with van der Waals surface area (Å²) in [7, 11) is 1.72. The van der Waals surface area contributed by atoms with Gasteiger partial charge in [-0.15, -0.1) is 0 Å². The molecular formula is C22H22F6N2OS. The minimum absolute atomic E-state index is 0.119. The number of hydrogen-bond acceptors (Lipinski definition) is 2. The average molecular weight is 476 g/mol. The largest absolute Gasteiger partial charge is 0.416 e. The molecule has 1 fully saturated rings. The van der Waals surface area contributed by atoms with Crippen molar-refractivity contribution in [2.75, 3.05) is 20.1 Å². The molecule has 1 aliphatic rings. The van der Waals surface area contributed by atoms with Gasteiger partial charge in [-0.05, 0) is 48.0 Å². The Labute approximate surface area is 187 Å². The second-order valence-corrected chi connectivity index (χ2v) is 7.96. The maximum atomic E-state index is 13.1. The molecule has 1 saturated heterocycles.